The molecule has 0 radical (unpaired) electrons. The van der Waals surface area contributed by atoms with Gasteiger partial charge in [-0.2, -0.15) is 5.26 Å². The van der Waals surface area contributed by atoms with Crippen LogP contribution in [0.3, 0.4) is 0 Å². The average molecular weight is 280 g/mol. The number of fused-ring (bicyclic) bond motifs is 1. The molecule has 1 atom stereocenters. The molecule has 0 fully saturated rings. The van der Waals surface area contributed by atoms with E-state index >= 15 is 0 Å². The predicted octanol–water partition coefficient (Wildman–Crippen LogP) is 2.34. The van der Waals surface area contributed by atoms with Gasteiger partial charge in [0.15, 0.2) is 17.3 Å². The van der Waals surface area contributed by atoms with E-state index in [1.54, 1.807) is 36.5 Å². The second-order valence-electron chi connectivity index (χ2n) is 4.54. The second kappa shape index (κ2) is 5.63. The lowest BCUT2D eigenvalue weighted by Crippen LogP contribution is -2.19. The molecule has 1 aliphatic heterocycles. The van der Waals surface area contributed by atoms with Gasteiger partial charge >= 0.3 is 0 Å². The van der Waals surface area contributed by atoms with Crippen LogP contribution in [0.4, 0.5) is 0 Å². The molecule has 3 rings (SSSR count). The Labute approximate surface area is 121 Å². The highest BCUT2D eigenvalue weighted by Crippen LogP contribution is 2.36. The van der Waals surface area contributed by atoms with Crippen molar-refractivity contribution in [3.8, 4) is 17.6 Å². The number of Topliss-reactive ketones (excluding diaryl/α,β-unsaturated/α-hetero) is 1. The zero-order valence-electron chi connectivity index (χ0n) is 11.2. The summed E-state index contributed by atoms with van der Waals surface area (Å²) in [5.74, 6) is -0.267. The Hall–Kier alpha value is -2.87. The molecule has 21 heavy (non-hydrogen) atoms. The van der Waals surface area contributed by atoms with Gasteiger partial charge in [-0.15, -0.1) is 0 Å². The summed E-state index contributed by atoms with van der Waals surface area (Å²) in [6.07, 6.45) is 3.13. The van der Waals surface area contributed by atoms with Gasteiger partial charge in [0.2, 0.25) is 0 Å². The number of hydrogen-bond acceptors (Lipinski definition) is 5. The Kier molecular flexibility index (Phi) is 3.52. The summed E-state index contributed by atoms with van der Waals surface area (Å²) >= 11 is 0. The number of rotatable bonds is 3. The molecular weight excluding hydrogens is 268 g/mol. The van der Waals surface area contributed by atoms with Gasteiger partial charge in [-0.3, -0.25) is 9.78 Å². The first-order valence-electron chi connectivity index (χ1n) is 6.53. The van der Waals surface area contributed by atoms with E-state index in [4.69, 9.17) is 9.47 Å². The molecule has 2 heterocycles. The molecule has 1 aromatic heterocycles. The molecule has 0 N–H and O–H groups in total. The first kappa shape index (κ1) is 13.1. The van der Waals surface area contributed by atoms with Crippen molar-refractivity contribution in [2.75, 3.05) is 13.2 Å². The molecule has 0 aliphatic carbocycles. The standard InChI is InChI=1S/C16H12N2O3/c17-9-13(11-3-2-6-18-10-11)15(19)12-4-1-5-14-16(12)21-8-7-20-14/h1-6,10,13H,7-8H2. The number of carbonyl (C=O) groups excluding carboxylic acids is 1. The molecule has 2 aromatic rings. The van der Waals surface area contributed by atoms with Crippen LogP contribution >= 0.6 is 0 Å². The number of benzene rings is 1. The smallest absolute Gasteiger partial charge is 0.188 e. The lowest BCUT2D eigenvalue weighted by Gasteiger charge is -2.21. The van der Waals surface area contributed by atoms with E-state index in [0.29, 0.717) is 35.8 Å². The third kappa shape index (κ3) is 2.43. The quantitative estimate of drug-likeness (QED) is 0.807. The van der Waals surface area contributed by atoms with Crippen molar-refractivity contribution in [3.63, 3.8) is 0 Å². The third-order valence-electron chi connectivity index (χ3n) is 3.24. The van der Waals surface area contributed by atoms with Crippen LogP contribution in [-0.4, -0.2) is 24.0 Å². The van der Waals surface area contributed by atoms with Crippen molar-refractivity contribution in [1.82, 2.24) is 4.98 Å². The van der Waals surface area contributed by atoms with Crippen molar-refractivity contribution in [3.05, 3.63) is 53.9 Å². The molecule has 1 aromatic carbocycles. The number of carbonyl (C=O) groups is 1. The molecule has 1 aliphatic rings. The Bertz CT molecular complexity index is 707. The van der Waals surface area contributed by atoms with Crippen LogP contribution in [0, 0.1) is 11.3 Å². The monoisotopic (exact) mass is 280 g/mol. The number of hydrogen-bond donors (Lipinski definition) is 0. The van der Waals surface area contributed by atoms with E-state index in [1.807, 2.05) is 6.07 Å². The number of para-hydroxylation sites is 1. The topological polar surface area (TPSA) is 72.2 Å². The van der Waals surface area contributed by atoms with E-state index in [1.165, 1.54) is 6.20 Å². The van der Waals surface area contributed by atoms with Gasteiger partial charge in [0, 0.05) is 12.4 Å². The predicted molar refractivity (Wildman–Crippen MR) is 74.4 cm³/mol. The van der Waals surface area contributed by atoms with E-state index in [0.717, 1.165) is 0 Å². The fourth-order valence-corrected chi connectivity index (χ4v) is 2.25. The zero-order valence-corrected chi connectivity index (χ0v) is 11.2. The maximum atomic E-state index is 12.7. The number of ether oxygens (including phenoxy) is 2. The fraction of sp³-hybridized carbons (Fsp3) is 0.188. The van der Waals surface area contributed by atoms with Gasteiger partial charge in [-0.1, -0.05) is 12.1 Å². The molecule has 5 heteroatoms. The van der Waals surface area contributed by atoms with E-state index < -0.39 is 5.92 Å². The van der Waals surface area contributed by atoms with Crippen LogP contribution in [0.15, 0.2) is 42.7 Å². The fourth-order valence-electron chi connectivity index (χ4n) is 2.25. The molecule has 5 nitrogen and oxygen atoms in total. The minimum atomic E-state index is -0.907. The van der Waals surface area contributed by atoms with E-state index in [-0.39, 0.29) is 5.78 Å². The van der Waals surface area contributed by atoms with Gasteiger partial charge in [-0.25, -0.2) is 0 Å². The van der Waals surface area contributed by atoms with Crippen molar-refractivity contribution in [2.45, 2.75) is 5.92 Å². The maximum Gasteiger partial charge on any atom is 0.188 e. The van der Waals surface area contributed by atoms with Crippen LogP contribution in [0.25, 0.3) is 0 Å². The number of pyridine rings is 1. The van der Waals surface area contributed by atoms with Crippen LogP contribution in [0.2, 0.25) is 0 Å². The van der Waals surface area contributed by atoms with Crippen LogP contribution in [0.5, 0.6) is 11.5 Å². The highest BCUT2D eigenvalue weighted by Gasteiger charge is 2.27. The van der Waals surface area contributed by atoms with Crippen molar-refractivity contribution < 1.29 is 14.3 Å². The molecule has 0 bridgehead atoms. The Morgan fingerprint density at radius 2 is 2.10 bits per heavy atom. The number of ketones is 1. The number of nitrogens with zero attached hydrogens (tertiary/aromatic N) is 2. The van der Waals surface area contributed by atoms with Gasteiger partial charge in [0.1, 0.15) is 19.1 Å². The number of nitriles is 1. The first-order valence-corrected chi connectivity index (χ1v) is 6.53. The Morgan fingerprint density at radius 3 is 2.86 bits per heavy atom. The van der Waals surface area contributed by atoms with Crippen LogP contribution < -0.4 is 9.47 Å². The summed E-state index contributed by atoms with van der Waals surface area (Å²) in [4.78, 5) is 16.6. The minimum absolute atomic E-state index is 0.312. The maximum absolute atomic E-state index is 12.7. The Balaban J connectivity index is 2.00. The van der Waals surface area contributed by atoms with Crippen molar-refractivity contribution in [2.24, 2.45) is 0 Å². The summed E-state index contributed by atoms with van der Waals surface area (Å²) in [6.45, 7) is 0.844. The van der Waals surface area contributed by atoms with Crippen LogP contribution in [0.1, 0.15) is 21.8 Å². The van der Waals surface area contributed by atoms with Gasteiger partial charge in [0.05, 0.1) is 11.6 Å². The minimum Gasteiger partial charge on any atom is -0.486 e. The normalized spacial score (nSPS) is 14.0. The Morgan fingerprint density at radius 1 is 1.24 bits per heavy atom. The van der Waals surface area contributed by atoms with Crippen molar-refractivity contribution >= 4 is 5.78 Å². The summed E-state index contributed by atoms with van der Waals surface area (Å²) in [5.41, 5.74) is 0.932. The summed E-state index contributed by atoms with van der Waals surface area (Å²) in [6, 6.07) is 10.6. The zero-order chi connectivity index (χ0) is 14.7. The molecule has 0 amide bonds. The third-order valence-corrected chi connectivity index (χ3v) is 3.24. The van der Waals surface area contributed by atoms with Gasteiger partial charge < -0.3 is 9.47 Å². The molecule has 0 saturated carbocycles. The van der Waals surface area contributed by atoms with Crippen molar-refractivity contribution in [1.29, 1.82) is 5.26 Å². The summed E-state index contributed by atoms with van der Waals surface area (Å²) in [5, 5.41) is 9.34. The molecule has 0 spiro atoms. The summed E-state index contributed by atoms with van der Waals surface area (Å²) in [7, 11) is 0. The highest BCUT2D eigenvalue weighted by atomic mass is 16.6. The first-order chi connectivity index (χ1) is 10.3. The van der Waals surface area contributed by atoms with E-state index in [2.05, 4.69) is 4.98 Å². The summed E-state index contributed by atoms with van der Waals surface area (Å²) < 4.78 is 11.0. The van der Waals surface area contributed by atoms with Gasteiger partial charge in [-0.05, 0) is 23.8 Å². The number of aromatic nitrogens is 1. The molecular formula is C16H12N2O3. The SMILES string of the molecule is N#CC(C(=O)c1cccc2c1OCCO2)c1cccnc1. The lowest BCUT2D eigenvalue weighted by atomic mass is 9.92. The highest BCUT2D eigenvalue weighted by molar-refractivity contribution is 6.05. The molecule has 1 unspecified atom stereocenters. The van der Waals surface area contributed by atoms with E-state index in [9.17, 15) is 10.1 Å². The second-order valence-corrected chi connectivity index (χ2v) is 4.54. The molecule has 104 valence electrons. The average Bonchev–Trinajstić information content (AvgIpc) is 2.56. The largest absolute Gasteiger partial charge is 0.486 e. The molecule has 0 saturated heterocycles. The lowest BCUT2D eigenvalue weighted by molar-refractivity contribution is 0.0967. The van der Waals surface area contributed by atoms with Crippen LogP contribution in [-0.2, 0) is 0 Å². The van der Waals surface area contributed by atoms with Gasteiger partial charge in [0.25, 0.3) is 0 Å².